The van der Waals surface area contributed by atoms with Crippen molar-refractivity contribution in [2.75, 3.05) is 6.54 Å². The van der Waals surface area contributed by atoms with Crippen LogP contribution in [0.2, 0.25) is 0 Å². The first-order valence-corrected chi connectivity index (χ1v) is 8.88. The van der Waals surface area contributed by atoms with Crippen LogP contribution in [0.25, 0.3) is 0 Å². The smallest absolute Gasteiger partial charge is 0.327 e. The molecular formula is C12H9F18NO3S. The zero-order chi connectivity index (χ0) is 29.5. The van der Waals surface area contributed by atoms with Crippen LogP contribution in [-0.2, 0) is 10.1 Å². The molecule has 0 aromatic heterocycles. The highest BCUT2D eigenvalue weighted by molar-refractivity contribution is 7.87. The molecule has 3 N–H and O–H groups in total. The molecular weight excluding hydrogens is 580 g/mol. The molecule has 0 aromatic carbocycles. The number of rotatable bonds is 10. The van der Waals surface area contributed by atoms with Gasteiger partial charge < -0.3 is 5.73 Å². The second kappa shape index (κ2) is 9.67. The van der Waals surface area contributed by atoms with Crippen LogP contribution in [0.15, 0.2) is 12.7 Å². The molecule has 0 amide bonds. The summed E-state index contributed by atoms with van der Waals surface area (Å²) in [7, 11) is -7.94. The lowest BCUT2D eigenvalue weighted by Gasteiger charge is -2.43. The molecule has 0 atom stereocenters. The molecule has 0 aliphatic carbocycles. The van der Waals surface area contributed by atoms with E-state index in [9.17, 15) is 87.4 Å². The molecule has 0 aromatic rings. The van der Waals surface area contributed by atoms with Crippen molar-refractivity contribution in [2.24, 2.45) is 5.73 Å². The van der Waals surface area contributed by atoms with Crippen LogP contribution in [0.4, 0.5) is 79.0 Å². The van der Waals surface area contributed by atoms with Gasteiger partial charge in [0.25, 0.3) is 0 Å². The Bertz CT molecular complexity index is 853. The molecule has 0 fully saturated rings. The fraction of sp³-hybridized carbons (Fsp3) is 0.833. The van der Waals surface area contributed by atoms with E-state index in [1.165, 1.54) is 0 Å². The van der Waals surface area contributed by atoms with Crippen LogP contribution in [0.3, 0.4) is 0 Å². The van der Waals surface area contributed by atoms with Crippen LogP contribution in [0, 0.1) is 0 Å². The molecule has 0 rings (SSSR count). The Balaban J connectivity index is 0. The third-order valence-corrected chi connectivity index (χ3v) is 4.42. The quantitative estimate of drug-likeness (QED) is 0.206. The van der Waals surface area contributed by atoms with Crippen LogP contribution < -0.4 is 5.73 Å². The third kappa shape index (κ3) is 4.98. The molecule has 35 heavy (non-hydrogen) atoms. The maximum atomic E-state index is 13.2. The fourth-order valence-corrected chi connectivity index (χ4v) is 1.93. The number of halogens is 18. The molecule has 0 bridgehead atoms. The van der Waals surface area contributed by atoms with E-state index in [1.807, 2.05) is 0 Å². The monoisotopic (exact) mass is 589 g/mol. The van der Waals surface area contributed by atoms with Gasteiger partial charge in [0, 0.05) is 6.54 Å². The molecule has 4 nitrogen and oxygen atoms in total. The summed E-state index contributed by atoms with van der Waals surface area (Å²) < 4.78 is 258. The van der Waals surface area contributed by atoms with Gasteiger partial charge in [0.1, 0.15) is 0 Å². The van der Waals surface area contributed by atoms with Crippen molar-refractivity contribution < 1.29 is 92.0 Å². The van der Waals surface area contributed by atoms with E-state index in [0.717, 1.165) is 0 Å². The van der Waals surface area contributed by atoms with Crippen molar-refractivity contribution in [3.63, 3.8) is 0 Å². The Labute approximate surface area is 181 Å². The summed E-state index contributed by atoms with van der Waals surface area (Å²) in [6.07, 6.45) is -4.43. The topological polar surface area (TPSA) is 80.4 Å². The van der Waals surface area contributed by atoms with Crippen LogP contribution in [0.5, 0.6) is 0 Å². The molecule has 0 saturated carbocycles. The lowest BCUT2D eigenvalue weighted by Crippen LogP contribution is -2.75. The van der Waals surface area contributed by atoms with E-state index < -0.39 is 63.3 Å². The number of hydrogen-bond acceptors (Lipinski definition) is 3. The summed E-state index contributed by atoms with van der Waals surface area (Å²) in [5, 5.41) is -7.90. The number of alkyl halides is 18. The minimum absolute atomic E-state index is 0.583. The summed E-state index contributed by atoms with van der Waals surface area (Å²) in [4.78, 5) is 0. The van der Waals surface area contributed by atoms with Crippen LogP contribution in [-0.4, -0.2) is 72.7 Å². The highest BCUT2D eigenvalue weighted by Crippen LogP contribution is 2.64. The molecule has 212 valence electrons. The summed E-state index contributed by atoms with van der Waals surface area (Å²) in [6, 6.07) is 0. The van der Waals surface area contributed by atoms with Crippen molar-refractivity contribution in [3.05, 3.63) is 12.7 Å². The van der Waals surface area contributed by atoms with Crippen molar-refractivity contribution in [1.29, 1.82) is 0 Å². The Kier molecular flexibility index (Phi) is 9.81. The first kappa shape index (κ1) is 35.5. The molecule has 0 heterocycles. The first-order chi connectivity index (χ1) is 14.9. The Morgan fingerprint density at radius 2 is 0.886 bits per heavy atom. The summed E-state index contributed by atoms with van der Waals surface area (Å²) in [6.45, 7) is 3.94. The van der Waals surface area contributed by atoms with Crippen molar-refractivity contribution in [1.82, 2.24) is 0 Å². The zero-order valence-electron chi connectivity index (χ0n) is 15.6. The van der Waals surface area contributed by atoms with Gasteiger partial charge in [0.05, 0.1) is 0 Å². The van der Waals surface area contributed by atoms with Gasteiger partial charge in [-0.05, 0) is 0 Å². The normalized spacial score (nSPS) is 15.6. The minimum atomic E-state index is -8.98. The van der Waals surface area contributed by atoms with Gasteiger partial charge in [-0.2, -0.15) is 78.7 Å². The van der Waals surface area contributed by atoms with Gasteiger partial charge in [-0.15, -0.1) is 6.58 Å². The van der Waals surface area contributed by atoms with Gasteiger partial charge in [-0.1, -0.05) is 6.08 Å². The maximum absolute atomic E-state index is 13.2. The Morgan fingerprint density at radius 3 is 1.09 bits per heavy atom. The molecule has 0 unspecified atom stereocenters. The Hall–Kier alpha value is -1.65. The van der Waals surface area contributed by atoms with E-state index in [4.69, 9.17) is 10.3 Å². The van der Waals surface area contributed by atoms with Crippen molar-refractivity contribution in [3.8, 4) is 0 Å². The van der Waals surface area contributed by atoms with Crippen LogP contribution >= 0.6 is 0 Å². The van der Waals surface area contributed by atoms with Gasteiger partial charge in [-0.3, -0.25) is 4.55 Å². The molecule has 0 radical (unpaired) electrons. The summed E-state index contributed by atoms with van der Waals surface area (Å²) in [5.74, 6) is -60.2. The lowest BCUT2D eigenvalue weighted by molar-refractivity contribution is -0.453. The zero-order valence-corrected chi connectivity index (χ0v) is 16.4. The van der Waals surface area contributed by atoms with Gasteiger partial charge >= 0.3 is 63.3 Å². The second-order valence-corrected chi connectivity index (χ2v) is 7.35. The van der Waals surface area contributed by atoms with Crippen molar-refractivity contribution in [2.45, 2.75) is 53.1 Å². The highest BCUT2D eigenvalue weighted by Gasteiger charge is 2.96. The van der Waals surface area contributed by atoms with E-state index in [0.29, 0.717) is 6.54 Å². The van der Waals surface area contributed by atoms with E-state index >= 15 is 0 Å². The minimum Gasteiger partial charge on any atom is -0.327 e. The average molecular weight is 589 g/mol. The van der Waals surface area contributed by atoms with Gasteiger partial charge in [0.2, 0.25) is 0 Å². The average Bonchev–Trinajstić information content (AvgIpc) is 2.65. The maximum Gasteiger partial charge on any atom is 0.438 e. The van der Waals surface area contributed by atoms with E-state index in [1.54, 1.807) is 6.08 Å². The Morgan fingerprint density at radius 1 is 0.657 bits per heavy atom. The SMILES string of the molecule is C=CCN.O=S(=O)(O)C(F)(F)C(F)(F)C(F)(F)C(F)(F)C(F)(F)C(F)(F)C(F)(F)C(F)(F)C(F)F. The lowest BCUT2D eigenvalue weighted by atomic mass is 9.89. The fourth-order valence-electron chi connectivity index (χ4n) is 1.48. The largest absolute Gasteiger partial charge is 0.438 e. The molecule has 23 heteroatoms. The predicted octanol–water partition coefficient (Wildman–Crippen LogP) is 5.31. The summed E-state index contributed by atoms with van der Waals surface area (Å²) in [5.41, 5.74) is 4.91. The highest BCUT2D eigenvalue weighted by atomic mass is 32.2. The van der Waals surface area contributed by atoms with E-state index in [-0.39, 0.29) is 0 Å². The summed E-state index contributed by atoms with van der Waals surface area (Å²) >= 11 is 0. The van der Waals surface area contributed by atoms with E-state index in [2.05, 4.69) is 6.58 Å². The number of nitrogens with two attached hydrogens (primary N) is 1. The first-order valence-electron chi connectivity index (χ1n) is 7.44. The second-order valence-electron chi connectivity index (χ2n) is 5.89. The van der Waals surface area contributed by atoms with Gasteiger partial charge in [-0.25, -0.2) is 8.78 Å². The molecule has 0 spiro atoms. The van der Waals surface area contributed by atoms with Crippen molar-refractivity contribution >= 4 is 10.1 Å². The molecule has 0 aliphatic rings. The third-order valence-electron chi connectivity index (χ3n) is 3.52. The predicted molar refractivity (Wildman–Crippen MR) is 76.4 cm³/mol. The standard InChI is InChI=1S/C9H2F18O3S.C3H7N/c10-1(11)2(12,13)3(14,15)4(16,17)5(18,19)6(20,21)7(22,23)8(24,25)9(26,27)31(28,29)30;1-2-3-4/h1H,(H,28,29,30);2H,1,3-4H2. The van der Waals surface area contributed by atoms with Gasteiger partial charge in [0.15, 0.2) is 0 Å². The number of hydrogen-bond donors (Lipinski definition) is 2. The van der Waals surface area contributed by atoms with Crippen LogP contribution in [0.1, 0.15) is 0 Å². The molecule has 0 aliphatic heterocycles. The molecule has 0 saturated heterocycles.